The fourth-order valence-electron chi connectivity index (χ4n) is 4.56. The number of carbonyl (C=O) groups is 3. The number of nitrogens with one attached hydrogen (secondary N) is 2. The minimum Gasteiger partial charge on any atom is -0.468 e. The van der Waals surface area contributed by atoms with Crippen LogP contribution in [0.1, 0.15) is 37.9 Å². The van der Waals surface area contributed by atoms with Gasteiger partial charge in [-0.05, 0) is 49.2 Å². The Morgan fingerprint density at radius 2 is 1.95 bits per heavy atom. The highest BCUT2D eigenvalue weighted by molar-refractivity contribution is 8.01. The number of benzene rings is 1. The van der Waals surface area contributed by atoms with E-state index in [2.05, 4.69) is 26.9 Å². The average molecular weight is 562 g/mol. The number of Topliss-reactive ketones (excluding diaryl/α,β-unsaturated/α-hetero) is 1. The van der Waals surface area contributed by atoms with Crippen LogP contribution in [-0.4, -0.2) is 33.5 Å². The van der Waals surface area contributed by atoms with Gasteiger partial charge in [0.25, 0.3) is 0 Å². The molecule has 1 aromatic carbocycles. The normalized spacial score (nSPS) is 17.1. The third-order valence-electron chi connectivity index (χ3n) is 6.14. The number of hydrogen-bond acceptors (Lipinski definition) is 11. The molecule has 5 rings (SSSR count). The van der Waals surface area contributed by atoms with E-state index < -0.39 is 5.92 Å². The first-order valence-electron chi connectivity index (χ1n) is 12.0. The van der Waals surface area contributed by atoms with Crippen molar-refractivity contribution in [2.24, 2.45) is 5.73 Å². The zero-order valence-electron chi connectivity index (χ0n) is 20.8. The zero-order valence-corrected chi connectivity index (χ0v) is 22.4. The van der Waals surface area contributed by atoms with Crippen molar-refractivity contribution in [3.63, 3.8) is 0 Å². The summed E-state index contributed by atoms with van der Waals surface area (Å²) in [6.07, 6.45) is 3.12. The highest BCUT2D eigenvalue weighted by Gasteiger charge is 2.42. The number of ketones is 1. The molecule has 2 aliphatic rings. The molecule has 2 amide bonds. The maximum absolute atomic E-state index is 13.1. The Balaban J connectivity index is 1.33. The molecule has 0 saturated carbocycles. The molecule has 1 atom stereocenters. The van der Waals surface area contributed by atoms with E-state index in [4.69, 9.17) is 10.2 Å². The van der Waals surface area contributed by atoms with Gasteiger partial charge in [-0.15, -0.1) is 10.2 Å². The Bertz CT molecular complexity index is 1530. The number of thioether (sulfide) groups is 1. The van der Waals surface area contributed by atoms with Gasteiger partial charge in [0.05, 0.1) is 29.6 Å². The summed E-state index contributed by atoms with van der Waals surface area (Å²) < 4.78 is 6.12. The molecule has 11 nitrogen and oxygen atoms in total. The summed E-state index contributed by atoms with van der Waals surface area (Å²) in [6.45, 7) is 1.42. The number of carbonyl (C=O) groups excluding carboxylic acids is 3. The number of nitriles is 1. The number of aromatic nitrogens is 2. The van der Waals surface area contributed by atoms with E-state index in [9.17, 15) is 19.6 Å². The molecule has 1 unspecified atom stereocenters. The molecule has 2 aromatic heterocycles. The SMILES string of the molecule is CC(=O)Nc1ccc(NC(=O)CSc2nnc(N3C(N)=C(C#N)C(c4ccco4)C4=C3CCCC4=O)s2)cc1. The molecule has 198 valence electrons. The van der Waals surface area contributed by atoms with Crippen LogP contribution in [0.25, 0.3) is 0 Å². The van der Waals surface area contributed by atoms with Crippen LogP contribution in [0.3, 0.4) is 0 Å². The van der Waals surface area contributed by atoms with Gasteiger partial charge >= 0.3 is 0 Å². The third-order valence-corrected chi connectivity index (χ3v) is 8.19. The lowest BCUT2D eigenvalue weighted by molar-refractivity contribution is -0.116. The molecule has 4 N–H and O–H groups in total. The Hall–Kier alpha value is -4.41. The third kappa shape index (κ3) is 5.43. The molecule has 0 saturated heterocycles. The number of allylic oxidation sites excluding steroid dienone is 3. The Morgan fingerprint density at radius 3 is 2.62 bits per heavy atom. The summed E-state index contributed by atoms with van der Waals surface area (Å²) in [5.41, 5.74) is 9.14. The van der Waals surface area contributed by atoms with Crippen molar-refractivity contribution in [2.75, 3.05) is 21.3 Å². The highest BCUT2D eigenvalue weighted by atomic mass is 32.2. The van der Waals surface area contributed by atoms with Crippen LogP contribution in [0.4, 0.5) is 16.5 Å². The van der Waals surface area contributed by atoms with Gasteiger partial charge in [-0.3, -0.25) is 19.3 Å². The Kier molecular flexibility index (Phi) is 7.49. The van der Waals surface area contributed by atoms with Crippen LogP contribution in [0.5, 0.6) is 0 Å². The van der Waals surface area contributed by atoms with Gasteiger partial charge in [-0.25, -0.2) is 0 Å². The van der Waals surface area contributed by atoms with Crippen molar-refractivity contribution in [2.45, 2.75) is 36.4 Å². The zero-order chi connectivity index (χ0) is 27.5. The number of hydrogen-bond donors (Lipinski definition) is 3. The van der Waals surface area contributed by atoms with Crippen molar-refractivity contribution in [1.82, 2.24) is 10.2 Å². The molecule has 3 heterocycles. The van der Waals surface area contributed by atoms with E-state index in [0.717, 1.165) is 0 Å². The first kappa shape index (κ1) is 26.2. The average Bonchev–Trinajstić information content (AvgIpc) is 3.60. The van der Waals surface area contributed by atoms with Gasteiger partial charge in [0, 0.05) is 36.0 Å². The van der Waals surface area contributed by atoms with Crippen molar-refractivity contribution in [3.05, 3.63) is 71.1 Å². The smallest absolute Gasteiger partial charge is 0.234 e. The monoisotopic (exact) mass is 561 g/mol. The topological polar surface area (TPSA) is 167 Å². The summed E-state index contributed by atoms with van der Waals surface area (Å²) in [5, 5.41) is 24.4. The molecular formula is C26H23N7O4S2. The Labute approximate surface area is 231 Å². The van der Waals surface area contributed by atoms with Crippen LogP contribution < -0.4 is 21.3 Å². The first-order valence-corrected chi connectivity index (χ1v) is 13.8. The lowest BCUT2D eigenvalue weighted by atomic mass is 9.78. The largest absolute Gasteiger partial charge is 0.468 e. The van der Waals surface area contributed by atoms with E-state index in [1.54, 1.807) is 41.3 Å². The predicted octanol–water partition coefficient (Wildman–Crippen LogP) is 4.13. The standard InChI is InChI=1S/C26H23N7O4S2/c1-14(34)29-15-7-9-16(10-8-15)30-21(36)13-38-26-32-31-25(39-26)33-18-4-2-5-19(35)23(18)22(17(12-27)24(33)28)20-6-3-11-37-20/h3,6-11,22H,2,4-5,13,28H2,1H3,(H,29,34)(H,30,36). The molecule has 13 heteroatoms. The minimum absolute atomic E-state index is 0.0520. The van der Waals surface area contributed by atoms with Gasteiger partial charge in [0.15, 0.2) is 10.1 Å². The lowest BCUT2D eigenvalue weighted by Crippen LogP contribution is -2.38. The summed E-state index contributed by atoms with van der Waals surface area (Å²) in [7, 11) is 0. The molecule has 1 aliphatic heterocycles. The molecule has 39 heavy (non-hydrogen) atoms. The number of rotatable bonds is 7. The molecule has 1 aliphatic carbocycles. The first-order chi connectivity index (χ1) is 18.9. The molecular weight excluding hydrogens is 538 g/mol. The van der Waals surface area contributed by atoms with E-state index >= 15 is 0 Å². The van der Waals surface area contributed by atoms with Crippen LogP contribution in [-0.2, 0) is 14.4 Å². The predicted molar refractivity (Wildman–Crippen MR) is 147 cm³/mol. The van der Waals surface area contributed by atoms with E-state index in [0.29, 0.717) is 57.1 Å². The van der Waals surface area contributed by atoms with Gasteiger partial charge in [-0.1, -0.05) is 23.1 Å². The fraction of sp³-hybridized carbons (Fsp3) is 0.231. The number of nitrogens with two attached hydrogens (primary N) is 1. The molecule has 0 spiro atoms. The summed E-state index contributed by atoms with van der Waals surface area (Å²) in [5.74, 6) is -0.376. The summed E-state index contributed by atoms with van der Waals surface area (Å²) >= 11 is 2.43. The maximum atomic E-state index is 13.1. The molecule has 0 bridgehead atoms. The van der Waals surface area contributed by atoms with Crippen LogP contribution >= 0.6 is 23.1 Å². The second kappa shape index (κ2) is 11.1. The van der Waals surface area contributed by atoms with Crippen molar-refractivity contribution >= 4 is 57.2 Å². The van der Waals surface area contributed by atoms with E-state index in [-0.39, 0.29) is 34.7 Å². The van der Waals surface area contributed by atoms with Gasteiger partial charge in [-0.2, -0.15) is 5.26 Å². The lowest BCUT2D eigenvalue weighted by Gasteiger charge is -2.37. The van der Waals surface area contributed by atoms with Gasteiger partial charge in [0.2, 0.25) is 16.9 Å². The quantitative estimate of drug-likeness (QED) is 0.357. The summed E-state index contributed by atoms with van der Waals surface area (Å²) in [6, 6.07) is 12.4. The van der Waals surface area contributed by atoms with Gasteiger partial charge < -0.3 is 20.8 Å². The molecule has 0 radical (unpaired) electrons. The van der Waals surface area contributed by atoms with Crippen LogP contribution in [0.15, 0.2) is 74.1 Å². The van der Waals surface area contributed by atoms with Crippen molar-refractivity contribution in [3.8, 4) is 6.07 Å². The van der Waals surface area contributed by atoms with Crippen LogP contribution in [0.2, 0.25) is 0 Å². The number of nitrogens with zero attached hydrogens (tertiary/aromatic N) is 4. The van der Waals surface area contributed by atoms with Crippen molar-refractivity contribution < 1.29 is 18.8 Å². The molecule has 0 fully saturated rings. The maximum Gasteiger partial charge on any atom is 0.234 e. The number of anilines is 3. The van der Waals surface area contributed by atoms with E-state index in [1.807, 2.05) is 0 Å². The van der Waals surface area contributed by atoms with Gasteiger partial charge in [0.1, 0.15) is 11.6 Å². The fourth-order valence-corrected chi connectivity index (χ4v) is 6.24. The summed E-state index contributed by atoms with van der Waals surface area (Å²) in [4.78, 5) is 38.4. The highest BCUT2D eigenvalue weighted by Crippen LogP contribution is 2.47. The van der Waals surface area contributed by atoms with Crippen molar-refractivity contribution in [1.29, 1.82) is 5.26 Å². The number of furan rings is 1. The second-order valence-electron chi connectivity index (χ2n) is 8.78. The Morgan fingerprint density at radius 1 is 1.21 bits per heavy atom. The van der Waals surface area contributed by atoms with E-state index in [1.165, 1.54) is 36.3 Å². The van der Waals surface area contributed by atoms with Crippen LogP contribution in [0, 0.1) is 11.3 Å². The number of amides is 2. The second-order valence-corrected chi connectivity index (χ2v) is 11.0. The minimum atomic E-state index is -0.665. The molecule has 3 aromatic rings.